The number of aryl methyl sites for hydroxylation is 1. The molecule has 0 bridgehead atoms. The molecule has 0 saturated carbocycles. The van der Waals surface area contributed by atoms with E-state index < -0.39 is 0 Å². The molecule has 0 radical (unpaired) electrons. The minimum absolute atomic E-state index is 0.279. The highest BCUT2D eigenvalue weighted by Crippen LogP contribution is 2.35. The van der Waals surface area contributed by atoms with E-state index in [1.54, 1.807) is 12.1 Å². The van der Waals surface area contributed by atoms with Crippen LogP contribution in [0.25, 0.3) is 43.6 Å². The fraction of sp³-hybridized carbons (Fsp3) is 0.115. The monoisotopic (exact) mass is 367 g/mol. The van der Waals surface area contributed by atoms with Crippen molar-refractivity contribution in [3.8, 4) is 11.3 Å². The van der Waals surface area contributed by atoms with Gasteiger partial charge in [0.15, 0.2) is 5.69 Å². The summed E-state index contributed by atoms with van der Waals surface area (Å²) in [5, 5.41) is 5.90. The quantitative estimate of drug-likeness (QED) is 0.239. The van der Waals surface area contributed by atoms with E-state index in [1.165, 1.54) is 22.4 Å². The second-order valence-corrected chi connectivity index (χ2v) is 7.49. The maximum Gasteiger partial charge on any atom is 0.220 e. The van der Waals surface area contributed by atoms with Gasteiger partial charge in [0.2, 0.25) is 5.69 Å². The van der Waals surface area contributed by atoms with Crippen LogP contribution in [0, 0.1) is 19.7 Å². The predicted molar refractivity (Wildman–Crippen MR) is 115 cm³/mol. The number of halogens is 1. The first-order valence-electron chi connectivity index (χ1n) is 9.96. The van der Waals surface area contributed by atoms with Crippen molar-refractivity contribution in [1.82, 2.24) is 0 Å². The lowest BCUT2D eigenvalue weighted by Gasteiger charge is -2.13. The Balaban J connectivity index is 1.98. The maximum atomic E-state index is 14.1. The zero-order chi connectivity index (χ0) is 20.3. The Morgan fingerprint density at radius 1 is 0.786 bits per heavy atom. The van der Waals surface area contributed by atoms with Crippen molar-refractivity contribution >= 4 is 32.3 Å². The van der Waals surface area contributed by atoms with E-state index in [0.717, 1.165) is 38.5 Å². The molecule has 5 aromatic rings. The van der Waals surface area contributed by atoms with Gasteiger partial charge in [0, 0.05) is 18.4 Å². The highest BCUT2D eigenvalue weighted by atomic mass is 19.1. The largest absolute Gasteiger partial charge is 0.220 e. The smallest absolute Gasteiger partial charge is 0.207 e. The molecule has 0 fully saturated rings. The van der Waals surface area contributed by atoms with Gasteiger partial charge in [-0.15, -0.1) is 0 Å². The van der Waals surface area contributed by atoms with E-state index in [1.807, 2.05) is 26.1 Å². The number of fused-ring (bicyclic) bond motifs is 4. The average molecular weight is 367 g/mol. The lowest BCUT2D eigenvalue weighted by Crippen LogP contribution is -2.35. The highest BCUT2D eigenvalue weighted by Gasteiger charge is 2.21. The minimum atomic E-state index is -0.279. The van der Waals surface area contributed by atoms with Gasteiger partial charge in [-0.1, -0.05) is 42.5 Å². The van der Waals surface area contributed by atoms with E-state index >= 15 is 0 Å². The standard InChI is InChI=1S/C26H21FN/c1-16-12-19-6-4-5-7-20(19)14-23(16)26-22-11-9-18-8-10-21(27)15-24(18)25(22)13-17(2)28(26)3/h4-15H,1-3H3/q+1/i13D. The van der Waals surface area contributed by atoms with E-state index in [4.69, 9.17) is 1.37 Å². The van der Waals surface area contributed by atoms with E-state index in [2.05, 4.69) is 47.9 Å². The third kappa shape index (κ3) is 2.49. The van der Waals surface area contributed by atoms with Gasteiger partial charge in [-0.25, -0.2) is 4.39 Å². The van der Waals surface area contributed by atoms with E-state index in [9.17, 15) is 4.39 Å². The molecule has 0 aliphatic heterocycles. The number of aromatic nitrogens is 1. The summed E-state index contributed by atoms with van der Waals surface area (Å²) in [5.41, 5.74) is 4.23. The number of nitrogens with zero attached hydrogens (tertiary/aromatic N) is 1. The molecule has 0 amide bonds. The number of benzene rings is 4. The van der Waals surface area contributed by atoms with Gasteiger partial charge < -0.3 is 0 Å². The lowest BCUT2D eigenvalue weighted by atomic mass is 9.93. The van der Waals surface area contributed by atoms with Gasteiger partial charge >= 0.3 is 0 Å². The highest BCUT2D eigenvalue weighted by molar-refractivity contribution is 6.11. The van der Waals surface area contributed by atoms with Gasteiger partial charge in [-0.05, 0) is 58.3 Å². The van der Waals surface area contributed by atoms with Crippen LogP contribution in [-0.4, -0.2) is 0 Å². The van der Waals surface area contributed by atoms with Gasteiger partial charge in [-0.2, -0.15) is 4.57 Å². The molecular formula is C26H21FN+. The van der Waals surface area contributed by atoms with Gasteiger partial charge in [-0.3, -0.25) is 0 Å². The SMILES string of the molecule is [2H]c1c(C)[n+](C)c(-c2cc3ccccc3cc2C)c2ccc3ccc(F)cc3c12. The molecule has 0 saturated heterocycles. The second kappa shape index (κ2) is 6.13. The van der Waals surface area contributed by atoms with E-state index in [0.29, 0.717) is 6.04 Å². The van der Waals surface area contributed by atoms with Crippen LogP contribution in [0.3, 0.4) is 0 Å². The molecule has 0 aliphatic carbocycles. The van der Waals surface area contributed by atoms with Crippen molar-refractivity contribution in [2.24, 2.45) is 7.05 Å². The van der Waals surface area contributed by atoms with Crippen LogP contribution in [0.1, 0.15) is 12.6 Å². The van der Waals surface area contributed by atoms with Crippen LogP contribution < -0.4 is 4.57 Å². The van der Waals surface area contributed by atoms with Crippen LogP contribution in [0.15, 0.2) is 72.8 Å². The lowest BCUT2D eigenvalue weighted by molar-refractivity contribution is -0.665. The Morgan fingerprint density at radius 2 is 1.50 bits per heavy atom. The summed E-state index contributed by atoms with van der Waals surface area (Å²) in [6, 6.07) is 22.1. The first-order chi connectivity index (χ1) is 14.0. The van der Waals surface area contributed by atoms with Gasteiger partial charge in [0.05, 0.1) is 12.3 Å². The molecule has 5 rings (SSSR count). The fourth-order valence-electron chi connectivity index (χ4n) is 4.17. The Bertz CT molecular complexity index is 1450. The topological polar surface area (TPSA) is 3.88 Å². The summed E-state index contributed by atoms with van der Waals surface area (Å²) in [4.78, 5) is 0. The van der Waals surface area contributed by atoms with Crippen molar-refractivity contribution in [2.75, 3.05) is 0 Å². The van der Waals surface area contributed by atoms with Crippen LogP contribution in [0.5, 0.6) is 0 Å². The third-order valence-corrected chi connectivity index (χ3v) is 5.73. The molecule has 0 aliphatic rings. The zero-order valence-corrected chi connectivity index (χ0v) is 16.2. The zero-order valence-electron chi connectivity index (χ0n) is 17.2. The molecule has 1 aromatic heterocycles. The first-order valence-corrected chi connectivity index (χ1v) is 9.46. The summed E-state index contributed by atoms with van der Waals surface area (Å²) >= 11 is 0. The molecule has 0 atom stereocenters. The molecule has 1 heterocycles. The second-order valence-electron chi connectivity index (χ2n) is 7.49. The van der Waals surface area contributed by atoms with E-state index in [-0.39, 0.29) is 5.82 Å². The predicted octanol–water partition coefficient (Wildman–Crippen LogP) is 6.39. The first kappa shape index (κ1) is 15.8. The van der Waals surface area contributed by atoms with Gasteiger partial charge in [0.25, 0.3) is 0 Å². The maximum absolute atomic E-state index is 14.1. The van der Waals surface area contributed by atoms with Crippen molar-refractivity contribution in [2.45, 2.75) is 13.8 Å². The van der Waals surface area contributed by atoms with Gasteiger partial charge in [0.1, 0.15) is 12.9 Å². The Kier molecular flexibility index (Phi) is 3.45. The van der Waals surface area contributed by atoms with Crippen LogP contribution in [0.2, 0.25) is 0 Å². The molecule has 0 N–H and O–H groups in total. The van der Waals surface area contributed by atoms with Crippen LogP contribution in [-0.2, 0) is 7.05 Å². The van der Waals surface area contributed by atoms with Crippen molar-refractivity contribution in [1.29, 1.82) is 0 Å². The minimum Gasteiger partial charge on any atom is -0.207 e. The molecule has 0 spiro atoms. The Labute approximate surface area is 165 Å². The summed E-state index contributed by atoms with van der Waals surface area (Å²) in [7, 11) is 2.01. The molecule has 4 aromatic carbocycles. The molecule has 0 unspecified atom stereocenters. The van der Waals surface area contributed by atoms with Crippen molar-refractivity contribution in [3.05, 3.63) is 89.8 Å². The average Bonchev–Trinajstić information content (AvgIpc) is 2.72. The number of pyridine rings is 1. The number of hydrogen-bond acceptors (Lipinski definition) is 0. The molecule has 28 heavy (non-hydrogen) atoms. The Morgan fingerprint density at radius 3 is 2.29 bits per heavy atom. The molecule has 136 valence electrons. The molecule has 2 heteroatoms. The van der Waals surface area contributed by atoms with Crippen LogP contribution >= 0.6 is 0 Å². The summed E-state index contributed by atoms with van der Waals surface area (Å²) in [6.07, 6.45) is 0. The number of rotatable bonds is 1. The normalized spacial score (nSPS) is 12.1. The third-order valence-electron chi connectivity index (χ3n) is 5.73. The van der Waals surface area contributed by atoms with Crippen molar-refractivity contribution in [3.63, 3.8) is 0 Å². The molecule has 1 nitrogen and oxygen atoms in total. The summed E-state index contributed by atoms with van der Waals surface area (Å²) in [6.45, 7) is 4.08. The number of hydrogen-bond donors (Lipinski definition) is 0. The fourth-order valence-corrected chi connectivity index (χ4v) is 4.17. The van der Waals surface area contributed by atoms with Crippen LogP contribution in [0.4, 0.5) is 4.39 Å². The van der Waals surface area contributed by atoms with Crippen molar-refractivity contribution < 1.29 is 10.3 Å². The summed E-state index contributed by atoms with van der Waals surface area (Å²) in [5.74, 6) is -0.279. The molecular weight excluding hydrogens is 345 g/mol. The Hall–Kier alpha value is -3.26. The summed E-state index contributed by atoms with van der Waals surface area (Å²) < 4.78 is 24.9.